The minimum absolute atomic E-state index is 0.270. The summed E-state index contributed by atoms with van der Waals surface area (Å²) in [5.41, 5.74) is 5.73. The Kier molecular flexibility index (Phi) is 12.2. The van der Waals surface area contributed by atoms with Crippen LogP contribution in [-0.4, -0.2) is 147 Å². The third-order valence-corrected chi connectivity index (χ3v) is 9.91. The summed E-state index contributed by atoms with van der Waals surface area (Å²) in [4.78, 5) is 109. The maximum atomic E-state index is 13.5. The predicted molar refractivity (Wildman–Crippen MR) is 173 cm³/mol. The van der Waals surface area contributed by atoms with Crippen LogP contribution < -0.4 is 21.7 Å². The van der Waals surface area contributed by atoms with Crippen LogP contribution in [0.5, 0.6) is 0 Å². The zero-order valence-electron chi connectivity index (χ0n) is 28.7. The molecule has 6 N–H and O–H groups in total. The van der Waals surface area contributed by atoms with E-state index in [4.69, 9.17) is 5.73 Å². The highest BCUT2D eigenvalue weighted by Crippen LogP contribution is 2.23. The monoisotopic (exact) mass is 690 g/mol. The summed E-state index contributed by atoms with van der Waals surface area (Å²) >= 11 is 0. The van der Waals surface area contributed by atoms with E-state index in [-0.39, 0.29) is 25.5 Å². The molecule has 0 spiro atoms. The Morgan fingerprint density at radius 3 is 1.06 bits per heavy atom. The average molecular weight is 691 g/mol. The number of amides is 7. The molecule has 0 saturated carbocycles. The Hall–Kier alpha value is -4.28. The molecule has 8 atom stereocenters. The number of likely N-dealkylation sites (tertiary alicyclic amines) is 4. The standard InChI is InChI=1S/C32H50N8O9/c1-17(33)28(44)37-13-5-9-21(37)25(41)34-18(2)29(45)38-14-6-10-22(38)26(42)35-19(3)30(46)39-15-7-11-23(39)27(43)36-20(4)31(47)40-16-8-12-24(40)32(48)49/h17-24H,5-16,33H2,1-4H3,(H,34,41)(H,35,42)(H,36,43)(H,48,49)/t17-,18-,19-,20-,21-,22-,23-,24-/m0/s1. The first kappa shape index (κ1) is 37.5. The lowest BCUT2D eigenvalue weighted by molar-refractivity contribution is -0.149. The number of hydrogen-bond donors (Lipinski definition) is 5. The molecule has 4 saturated heterocycles. The largest absolute Gasteiger partial charge is 0.480 e. The predicted octanol–water partition coefficient (Wildman–Crippen LogP) is -2.10. The van der Waals surface area contributed by atoms with Gasteiger partial charge in [0.2, 0.25) is 41.4 Å². The van der Waals surface area contributed by atoms with E-state index >= 15 is 0 Å². The fourth-order valence-electron chi connectivity index (χ4n) is 7.32. The molecule has 4 rings (SSSR count). The van der Waals surface area contributed by atoms with Gasteiger partial charge in [0.1, 0.15) is 42.3 Å². The van der Waals surface area contributed by atoms with Crippen molar-refractivity contribution in [1.82, 2.24) is 35.6 Å². The van der Waals surface area contributed by atoms with Crippen molar-refractivity contribution in [2.45, 2.75) is 127 Å². The Morgan fingerprint density at radius 2 is 0.776 bits per heavy atom. The molecule has 0 aromatic heterocycles. The van der Waals surface area contributed by atoms with E-state index in [2.05, 4.69) is 16.0 Å². The minimum atomic E-state index is -1.10. The lowest BCUT2D eigenvalue weighted by Gasteiger charge is -2.31. The van der Waals surface area contributed by atoms with Crippen LogP contribution in [0, 0.1) is 0 Å². The summed E-state index contributed by atoms with van der Waals surface area (Å²) in [6, 6.07) is -7.14. The smallest absolute Gasteiger partial charge is 0.326 e. The first-order valence-corrected chi connectivity index (χ1v) is 17.2. The van der Waals surface area contributed by atoms with Gasteiger partial charge in [-0.2, -0.15) is 0 Å². The number of carbonyl (C=O) groups excluding carboxylic acids is 7. The van der Waals surface area contributed by atoms with Crippen molar-refractivity contribution in [1.29, 1.82) is 0 Å². The molecule has 0 aromatic rings. The second-order valence-electron chi connectivity index (χ2n) is 13.6. The highest BCUT2D eigenvalue weighted by Gasteiger charge is 2.42. The van der Waals surface area contributed by atoms with Gasteiger partial charge in [0, 0.05) is 26.2 Å². The van der Waals surface area contributed by atoms with Crippen LogP contribution in [0.25, 0.3) is 0 Å². The van der Waals surface area contributed by atoms with Gasteiger partial charge in [0.25, 0.3) is 0 Å². The first-order valence-electron chi connectivity index (χ1n) is 17.2. The summed E-state index contributed by atoms with van der Waals surface area (Å²) in [6.45, 7) is 7.30. The van der Waals surface area contributed by atoms with E-state index < -0.39 is 89.7 Å². The molecule has 17 nitrogen and oxygen atoms in total. The van der Waals surface area contributed by atoms with E-state index in [1.165, 1.54) is 40.4 Å². The summed E-state index contributed by atoms with van der Waals surface area (Å²) < 4.78 is 0. The Labute approximate surface area is 285 Å². The number of aliphatic carboxylic acids is 1. The SMILES string of the molecule is C[C@H](N)C(=O)N1CCC[C@H]1C(=O)N[C@@H](C)C(=O)N1CCC[C@H]1C(=O)N[C@@H](C)C(=O)N1CCC[C@H]1C(=O)N[C@@H](C)C(=O)N1CCC[C@H]1C(=O)O. The number of carbonyl (C=O) groups is 8. The van der Waals surface area contributed by atoms with E-state index in [1.807, 2.05) is 0 Å². The molecule has 17 heteroatoms. The second-order valence-corrected chi connectivity index (χ2v) is 13.6. The zero-order chi connectivity index (χ0) is 36.2. The van der Waals surface area contributed by atoms with E-state index in [0.29, 0.717) is 57.9 Å². The highest BCUT2D eigenvalue weighted by molar-refractivity contribution is 5.97. The quantitative estimate of drug-likeness (QED) is 0.158. The van der Waals surface area contributed by atoms with Gasteiger partial charge in [0.15, 0.2) is 0 Å². The van der Waals surface area contributed by atoms with Crippen molar-refractivity contribution in [2.75, 3.05) is 26.2 Å². The Balaban J connectivity index is 1.30. The number of carboxylic acids is 1. The van der Waals surface area contributed by atoms with Crippen molar-refractivity contribution in [3.05, 3.63) is 0 Å². The van der Waals surface area contributed by atoms with Gasteiger partial charge in [0.05, 0.1) is 6.04 Å². The van der Waals surface area contributed by atoms with Crippen LogP contribution in [-0.2, 0) is 38.4 Å². The first-order chi connectivity index (χ1) is 23.1. The molecule has 7 amide bonds. The molecule has 0 bridgehead atoms. The molecule has 49 heavy (non-hydrogen) atoms. The van der Waals surface area contributed by atoms with Crippen LogP contribution in [0.15, 0.2) is 0 Å². The summed E-state index contributed by atoms with van der Waals surface area (Å²) in [7, 11) is 0. The van der Waals surface area contributed by atoms with Crippen LogP contribution in [0.3, 0.4) is 0 Å². The Morgan fingerprint density at radius 1 is 0.510 bits per heavy atom. The van der Waals surface area contributed by atoms with Gasteiger partial charge in [-0.1, -0.05) is 0 Å². The molecule has 4 aliphatic rings. The summed E-state index contributed by atoms with van der Waals surface area (Å²) in [5, 5.41) is 17.4. The van der Waals surface area contributed by atoms with Crippen LogP contribution in [0.1, 0.15) is 79.1 Å². The van der Waals surface area contributed by atoms with Crippen molar-refractivity contribution < 1.29 is 43.5 Å². The highest BCUT2D eigenvalue weighted by atomic mass is 16.4. The summed E-state index contributed by atoms with van der Waals surface area (Å²) in [5.74, 6) is -4.43. The third kappa shape index (κ3) is 8.31. The molecule has 272 valence electrons. The maximum Gasteiger partial charge on any atom is 0.326 e. The minimum Gasteiger partial charge on any atom is -0.480 e. The number of hydrogen-bond acceptors (Lipinski definition) is 9. The van der Waals surface area contributed by atoms with Crippen LogP contribution >= 0.6 is 0 Å². The molecule has 4 aliphatic heterocycles. The van der Waals surface area contributed by atoms with Gasteiger partial charge in [-0.05, 0) is 79.1 Å². The lowest BCUT2D eigenvalue weighted by Crippen LogP contribution is -2.58. The fraction of sp³-hybridized carbons (Fsp3) is 0.750. The van der Waals surface area contributed by atoms with Gasteiger partial charge in [-0.25, -0.2) is 4.79 Å². The fourth-order valence-corrected chi connectivity index (χ4v) is 7.32. The Bertz CT molecular complexity index is 1340. The molecular formula is C32H50N8O9. The third-order valence-electron chi connectivity index (χ3n) is 9.91. The molecule has 0 aliphatic carbocycles. The van der Waals surface area contributed by atoms with Crippen LogP contribution in [0.4, 0.5) is 0 Å². The molecule has 4 heterocycles. The van der Waals surface area contributed by atoms with E-state index in [1.54, 1.807) is 6.92 Å². The lowest BCUT2D eigenvalue weighted by atomic mass is 10.1. The van der Waals surface area contributed by atoms with E-state index in [0.717, 1.165) is 0 Å². The van der Waals surface area contributed by atoms with E-state index in [9.17, 15) is 43.5 Å². The van der Waals surface area contributed by atoms with Crippen LogP contribution in [0.2, 0.25) is 0 Å². The molecule has 0 radical (unpaired) electrons. The second kappa shape index (κ2) is 16.0. The number of rotatable bonds is 11. The molecule has 0 unspecified atom stereocenters. The topological polar surface area (TPSA) is 232 Å². The van der Waals surface area contributed by atoms with Crippen molar-refractivity contribution in [3.63, 3.8) is 0 Å². The number of nitrogens with zero attached hydrogens (tertiary/aromatic N) is 4. The number of nitrogens with two attached hydrogens (primary N) is 1. The van der Waals surface area contributed by atoms with Crippen molar-refractivity contribution >= 4 is 47.3 Å². The van der Waals surface area contributed by atoms with Crippen molar-refractivity contribution in [3.8, 4) is 0 Å². The molecule has 0 aromatic carbocycles. The van der Waals surface area contributed by atoms with Gasteiger partial charge < -0.3 is 46.4 Å². The van der Waals surface area contributed by atoms with Gasteiger partial charge in [-0.3, -0.25) is 33.6 Å². The van der Waals surface area contributed by atoms with Gasteiger partial charge in [-0.15, -0.1) is 0 Å². The summed E-state index contributed by atoms with van der Waals surface area (Å²) in [6.07, 6.45) is 3.78. The van der Waals surface area contributed by atoms with Crippen molar-refractivity contribution in [2.24, 2.45) is 5.73 Å². The number of carboxylic acid groups (broad SMARTS) is 1. The average Bonchev–Trinajstić information content (AvgIpc) is 3.89. The molecule has 4 fully saturated rings. The maximum absolute atomic E-state index is 13.5. The normalized spacial score (nSPS) is 26.1. The zero-order valence-corrected chi connectivity index (χ0v) is 28.7. The van der Waals surface area contributed by atoms with Gasteiger partial charge >= 0.3 is 5.97 Å². The molecular weight excluding hydrogens is 640 g/mol. The number of nitrogens with one attached hydrogen (secondary N) is 3.